The predicted molar refractivity (Wildman–Crippen MR) is 65.6 cm³/mol. The lowest BCUT2D eigenvalue weighted by atomic mass is 10.2. The lowest BCUT2D eigenvalue weighted by Gasteiger charge is -2.11. The average molecular weight is 269 g/mol. The number of carbonyl (C=O) groups excluding carboxylic acids is 1. The highest BCUT2D eigenvalue weighted by Gasteiger charge is 2.21. The minimum atomic E-state index is -0.311. The van der Waals surface area contributed by atoms with Crippen LogP contribution in [0.1, 0.15) is 16.3 Å². The van der Waals surface area contributed by atoms with Gasteiger partial charge in [-0.15, -0.1) is 0 Å². The third kappa shape index (κ3) is 2.57. The van der Waals surface area contributed by atoms with E-state index in [0.717, 1.165) is 6.54 Å². The summed E-state index contributed by atoms with van der Waals surface area (Å²) in [6, 6.07) is 0. The molecule has 18 heavy (non-hydrogen) atoms. The molecule has 0 aliphatic heterocycles. The summed E-state index contributed by atoms with van der Waals surface area (Å²) in [7, 11) is 3.89. The van der Waals surface area contributed by atoms with E-state index in [1.807, 2.05) is 19.0 Å². The van der Waals surface area contributed by atoms with Crippen LogP contribution in [0.3, 0.4) is 0 Å². The van der Waals surface area contributed by atoms with Gasteiger partial charge in [-0.05, 0) is 14.1 Å². The molecule has 2 aromatic rings. The summed E-state index contributed by atoms with van der Waals surface area (Å²) < 4.78 is 1.58. The molecule has 0 saturated carbocycles. The molecule has 0 unspecified atom stereocenters. The lowest BCUT2D eigenvalue weighted by molar-refractivity contribution is 0.101. The van der Waals surface area contributed by atoms with Crippen LogP contribution in [0.15, 0.2) is 12.5 Å². The van der Waals surface area contributed by atoms with E-state index in [2.05, 4.69) is 20.3 Å². The van der Waals surface area contributed by atoms with Crippen LogP contribution in [-0.4, -0.2) is 56.3 Å². The molecule has 0 saturated heterocycles. The SMILES string of the molecule is CN(C)CCn1ncc(Cl)c1C(=O)c1ncn[nH]1. The molecule has 0 aromatic carbocycles. The van der Waals surface area contributed by atoms with Gasteiger partial charge in [0.05, 0.1) is 17.8 Å². The van der Waals surface area contributed by atoms with E-state index in [9.17, 15) is 4.79 Å². The Morgan fingerprint density at radius 3 is 2.94 bits per heavy atom. The number of likely N-dealkylation sites (N-methyl/N-ethyl adjacent to an activating group) is 1. The topological polar surface area (TPSA) is 79.7 Å². The quantitative estimate of drug-likeness (QED) is 0.797. The number of halogens is 1. The molecular formula is C10H13ClN6O. The highest BCUT2D eigenvalue weighted by Crippen LogP contribution is 2.17. The van der Waals surface area contributed by atoms with E-state index in [4.69, 9.17) is 11.6 Å². The molecule has 96 valence electrons. The zero-order chi connectivity index (χ0) is 13.1. The largest absolute Gasteiger partial charge is 0.308 e. The monoisotopic (exact) mass is 268 g/mol. The van der Waals surface area contributed by atoms with Crippen LogP contribution in [0.5, 0.6) is 0 Å². The molecule has 0 spiro atoms. The maximum Gasteiger partial charge on any atom is 0.249 e. The van der Waals surface area contributed by atoms with Crippen molar-refractivity contribution in [1.82, 2.24) is 29.9 Å². The number of H-pyrrole nitrogens is 1. The fraction of sp³-hybridized carbons (Fsp3) is 0.400. The van der Waals surface area contributed by atoms with Gasteiger partial charge in [-0.3, -0.25) is 14.6 Å². The van der Waals surface area contributed by atoms with Crippen LogP contribution in [0.4, 0.5) is 0 Å². The number of carbonyl (C=O) groups is 1. The van der Waals surface area contributed by atoms with Crippen molar-refractivity contribution < 1.29 is 4.79 Å². The maximum atomic E-state index is 12.2. The van der Waals surface area contributed by atoms with Crippen molar-refractivity contribution in [3.05, 3.63) is 29.1 Å². The fourth-order valence-electron chi connectivity index (χ4n) is 1.48. The van der Waals surface area contributed by atoms with Crippen molar-refractivity contribution in [2.45, 2.75) is 6.54 Å². The zero-order valence-corrected chi connectivity index (χ0v) is 10.8. The summed E-state index contributed by atoms with van der Waals surface area (Å²) in [6.07, 6.45) is 2.74. The van der Waals surface area contributed by atoms with E-state index < -0.39 is 0 Å². The normalized spacial score (nSPS) is 11.1. The molecule has 2 rings (SSSR count). The molecule has 0 aliphatic carbocycles. The van der Waals surface area contributed by atoms with Crippen LogP contribution < -0.4 is 0 Å². The number of nitrogens with zero attached hydrogens (tertiary/aromatic N) is 5. The highest BCUT2D eigenvalue weighted by atomic mass is 35.5. The first kappa shape index (κ1) is 12.7. The fourth-order valence-corrected chi connectivity index (χ4v) is 1.71. The Kier molecular flexibility index (Phi) is 3.73. The number of ketones is 1. The molecule has 0 amide bonds. The van der Waals surface area contributed by atoms with Gasteiger partial charge in [-0.1, -0.05) is 11.6 Å². The van der Waals surface area contributed by atoms with E-state index in [-0.39, 0.29) is 11.6 Å². The van der Waals surface area contributed by atoms with Gasteiger partial charge in [0.15, 0.2) is 5.82 Å². The van der Waals surface area contributed by atoms with Crippen LogP contribution in [0.2, 0.25) is 5.02 Å². The molecule has 0 atom stereocenters. The first-order valence-electron chi connectivity index (χ1n) is 5.35. The smallest absolute Gasteiger partial charge is 0.249 e. The van der Waals surface area contributed by atoms with Gasteiger partial charge < -0.3 is 4.90 Å². The lowest BCUT2D eigenvalue weighted by Crippen LogP contribution is -2.22. The number of rotatable bonds is 5. The van der Waals surface area contributed by atoms with Crippen LogP contribution in [0.25, 0.3) is 0 Å². The first-order chi connectivity index (χ1) is 8.59. The maximum absolute atomic E-state index is 12.2. The average Bonchev–Trinajstić information content (AvgIpc) is 2.94. The van der Waals surface area contributed by atoms with Gasteiger partial charge in [0.2, 0.25) is 5.78 Å². The second-order valence-corrected chi connectivity index (χ2v) is 4.44. The summed E-state index contributed by atoms with van der Waals surface area (Å²) in [5.74, 6) is -0.155. The molecular weight excluding hydrogens is 256 g/mol. The molecule has 0 aliphatic rings. The van der Waals surface area contributed by atoms with Crippen molar-refractivity contribution in [2.24, 2.45) is 0 Å². The van der Waals surface area contributed by atoms with Crippen molar-refractivity contribution in [1.29, 1.82) is 0 Å². The Bertz CT molecular complexity index is 533. The van der Waals surface area contributed by atoms with Crippen molar-refractivity contribution in [3.8, 4) is 0 Å². The standard InChI is InChI=1S/C10H13ClN6O/c1-16(2)3-4-17-8(7(11)5-14-17)9(18)10-12-6-13-15-10/h5-6H,3-4H2,1-2H3,(H,12,13,15). The number of nitrogens with one attached hydrogen (secondary N) is 1. The second-order valence-electron chi connectivity index (χ2n) is 4.03. The van der Waals surface area contributed by atoms with Gasteiger partial charge in [-0.25, -0.2) is 4.98 Å². The molecule has 0 fully saturated rings. The molecule has 2 heterocycles. The van der Waals surface area contributed by atoms with Crippen LogP contribution >= 0.6 is 11.6 Å². The first-order valence-corrected chi connectivity index (χ1v) is 5.73. The summed E-state index contributed by atoms with van der Waals surface area (Å²) >= 11 is 5.99. The molecule has 0 bridgehead atoms. The van der Waals surface area contributed by atoms with Gasteiger partial charge in [0.1, 0.15) is 12.0 Å². The minimum Gasteiger partial charge on any atom is -0.308 e. The van der Waals surface area contributed by atoms with Gasteiger partial charge >= 0.3 is 0 Å². The van der Waals surface area contributed by atoms with Crippen molar-refractivity contribution in [3.63, 3.8) is 0 Å². The molecule has 1 N–H and O–H groups in total. The second kappa shape index (κ2) is 5.28. The van der Waals surface area contributed by atoms with Crippen LogP contribution in [0, 0.1) is 0 Å². The Balaban J connectivity index is 2.26. The zero-order valence-electron chi connectivity index (χ0n) is 10.1. The van der Waals surface area contributed by atoms with Gasteiger partial charge in [-0.2, -0.15) is 10.2 Å². The summed E-state index contributed by atoms with van der Waals surface area (Å²) in [5, 5.41) is 10.6. The van der Waals surface area contributed by atoms with E-state index in [0.29, 0.717) is 17.3 Å². The molecule has 0 radical (unpaired) electrons. The van der Waals surface area contributed by atoms with E-state index >= 15 is 0 Å². The number of aromatic amines is 1. The third-order valence-electron chi connectivity index (χ3n) is 2.40. The summed E-state index contributed by atoms with van der Waals surface area (Å²) in [4.78, 5) is 18.0. The third-order valence-corrected chi connectivity index (χ3v) is 2.68. The van der Waals surface area contributed by atoms with Crippen molar-refractivity contribution >= 4 is 17.4 Å². The van der Waals surface area contributed by atoms with Crippen molar-refractivity contribution in [2.75, 3.05) is 20.6 Å². The van der Waals surface area contributed by atoms with Gasteiger partial charge in [0, 0.05) is 6.54 Å². The van der Waals surface area contributed by atoms with E-state index in [1.165, 1.54) is 12.5 Å². The minimum absolute atomic E-state index is 0.156. The van der Waals surface area contributed by atoms with E-state index in [1.54, 1.807) is 4.68 Å². The molecule has 8 heteroatoms. The Labute approximate surface area is 109 Å². The summed E-state index contributed by atoms with van der Waals surface area (Å²) in [5.41, 5.74) is 0.329. The Morgan fingerprint density at radius 1 is 1.56 bits per heavy atom. The Morgan fingerprint density at radius 2 is 2.33 bits per heavy atom. The molecule has 2 aromatic heterocycles. The van der Waals surface area contributed by atoms with Gasteiger partial charge in [0.25, 0.3) is 0 Å². The highest BCUT2D eigenvalue weighted by molar-refractivity contribution is 6.34. The van der Waals surface area contributed by atoms with Crippen LogP contribution in [-0.2, 0) is 6.54 Å². The Hall–Kier alpha value is -1.73. The number of hydrogen-bond acceptors (Lipinski definition) is 5. The summed E-state index contributed by atoms with van der Waals surface area (Å²) in [6.45, 7) is 1.34. The molecule has 7 nitrogen and oxygen atoms in total. The number of aromatic nitrogens is 5. The predicted octanol–water partition coefficient (Wildman–Crippen LogP) is 0.447. The number of hydrogen-bond donors (Lipinski definition) is 1.